The van der Waals surface area contributed by atoms with Crippen LogP contribution in [0, 0.1) is 5.41 Å². The van der Waals surface area contributed by atoms with Gasteiger partial charge in [0.05, 0.1) is 0 Å². The van der Waals surface area contributed by atoms with Crippen LogP contribution in [-0.2, 0) is 0 Å². The molecule has 0 aromatic carbocycles. The summed E-state index contributed by atoms with van der Waals surface area (Å²) in [6, 6.07) is 0.711. The average molecular weight is 281 g/mol. The lowest BCUT2D eigenvalue weighted by atomic mass is 9.73. The molecule has 1 saturated carbocycles. The van der Waals surface area contributed by atoms with E-state index in [0.717, 1.165) is 6.54 Å². The minimum absolute atomic E-state index is 0.564. The summed E-state index contributed by atoms with van der Waals surface area (Å²) in [6.07, 6.45) is 7.21. The third-order valence-corrected chi connectivity index (χ3v) is 5.36. The fourth-order valence-electron chi connectivity index (χ4n) is 3.99. The first kappa shape index (κ1) is 16.3. The van der Waals surface area contributed by atoms with Gasteiger partial charge in [0.2, 0.25) is 0 Å². The molecule has 0 atom stereocenters. The predicted octanol–water partition coefficient (Wildman–Crippen LogP) is 2.57. The molecule has 2 aliphatic rings. The van der Waals surface area contributed by atoms with Crippen LogP contribution in [0.2, 0.25) is 0 Å². The number of nitrogens with one attached hydrogen (secondary N) is 1. The second-order valence-electron chi connectivity index (χ2n) is 7.25. The van der Waals surface area contributed by atoms with Crippen molar-refractivity contribution in [3.05, 3.63) is 0 Å². The van der Waals surface area contributed by atoms with Gasteiger partial charge in [-0.3, -0.25) is 4.90 Å². The summed E-state index contributed by atoms with van der Waals surface area (Å²) in [4.78, 5) is 5.36. The van der Waals surface area contributed by atoms with Crippen LogP contribution in [0.5, 0.6) is 0 Å². The largest absolute Gasteiger partial charge is 0.316 e. The lowest BCUT2D eigenvalue weighted by molar-refractivity contribution is 0.0526. The van der Waals surface area contributed by atoms with Crippen LogP contribution < -0.4 is 5.32 Å². The molecule has 20 heavy (non-hydrogen) atoms. The van der Waals surface area contributed by atoms with Crippen LogP contribution in [0.1, 0.15) is 52.9 Å². The lowest BCUT2D eigenvalue weighted by Crippen LogP contribution is -2.53. The molecule has 1 heterocycles. The van der Waals surface area contributed by atoms with Gasteiger partial charge < -0.3 is 10.2 Å². The van der Waals surface area contributed by atoms with Gasteiger partial charge in [0.1, 0.15) is 0 Å². The molecule has 0 spiro atoms. The molecule has 0 radical (unpaired) electrons. The highest BCUT2D eigenvalue weighted by Gasteiger charge is 2.34. The maximum atomic E-state index is 3.64. The van der Waals surface area contributed by atoms with Crippen LogP contribution in [0.3, 0.4) is 0 Å². The SMILES string of the molecule is CCNCC1(CN2CCN(C(C)C)CC2)CCCCC1. The molecule has 118 valence electrons. The van der Waals surface area contributed by atoms with Crippen LogP contribution in [-0.4, -0.2) is 61.7 Å². The Balaban J connectivity index is 1.85. The van der Waals surface area contributed by atoms with Crippen molar-refractivity contribution in [1.82, 2.24) is 15.1 Å². The van der Waals surface area contributed by atoms with Crippen LogP contribution in [0.25, 0.3) is 0 Å². The maximum Gasteiger partial charge on any atom is 0.0113 e. The van der Waals surface area contributed by atoms with E-state index in [1.807, 2.05) is 0 Å². The Kier molecular flexibility index (Phi) is 6.31. The zero-order valence-electron chi connectivity index (χ0n) is 14.0. The summed E-state index contributed by atoms with van der Waals surface area (Å²) in [6.45, 7) is 15.6. The fraction of sp³-hybridized carbons (Fsp3) is 1.00. The Labute approximate surface area is 126 Å². The molecule has 2 rings (SSSR count). The molecule has 1 aliphatic heterocycles. The molecule has 0 unspecified atom stereocenters. The number of piperazine rings is 1. The van der Waals surface area contributed by atoms with Crippen LogP contribution in [0.4, 0.5) is 0 Å². The van der Waals surface area contributed by atoms with Gasteiger partial charge in [0.25, 0.3) is 0 Å². The molecule has 0 amide bonds. The van der Waals surface area contributed by atoms with E-state index in [1.165, 1.54) is 71.4 Å². The number of hydrogen-bond acceptors (Lipinski definition) is 3. The van der Waals surface area contributed by atoms with Gasteiger partial charge in [-0.1, -0.05) is 26.2 Å². The van der Waals surface area contributed by atoms with Crippen molar-refractivity contribution in [3.63, 3.8) is 0 Å². The zero-order chi connectivity index (χ0) is 14.4. The van der Waals surface area contributed by atoms with E-state index in [4.69, 9.17) is 0 Å². The molecular weight excluding hydrogens is 246 g/mol. The summed E-state index contributed by atoms with van der Waals surface area (Å²) in [7, 11) is 0. The van der Waals surface area contributed by atoms with Crippen molar-refractivity contribution in [3.8, 4) is 0 Å². The molecule has 1 N–H and O–H groups in total. The van der Waals surface area contributed by atoms with E-state index in [2.05, 4.69) is 35.9 Å². The van der Waals surface area contributed by atoms with Crippen molar-refractivity contribution in [1.29, 1.82) is 0 Å². The molecular formula is C17H35N3. The van der Waals surface area contributed by atoms with Gasteiger partial charge in [0, 0.05) is 45.3 Å². The van der Waals surface area contributed by atoms with E-state index in [0.29, 0.717) is 11.5 Å². The van der Waals surface area contributed by atoms with Gasteiger partial charge in [0.15, 0.2) is 0 Å². The Morgan fingerprint density at radius 3 is 2.20 bits per heavy atom. The molecule has 2 fully saturated rings. The van der Waals surface area contributed by atoms with E-state index in [1.54, 1.807) is 0 Å². The van der Waals surface area contributed by atoms with Gasteiger partial charge in [-0.25, -0.2) is 0 Å². The smallest absolute Gasteiger partial charge is 0.0113 e. The predicted molar refractivity (Wildman–Crippen MR) is 87.2 cm³/mol. The van der Waals surface area contributed by atoms with Gasteiger partial charge in [-0.05, 0) is 38.6 Å². The summed E-state index contributed by atoms with van der Waals surface area (Å²) in [5.74, 6) is 0. The van der Waals surface area contributed by atoms with Crippen LogP contribution >= 0.6 is 0 Å². The van der Waals surface area contributed by atoms with E-state index in [9.17, 15) is 0 Å². The second-order valence-corrected chi connectivity index (χ2v) is 7.25. The highest BCUT2D eigenvalue weighted by molar-refractivity contribution is 4.89. The third-order valence-electron chi connectivity index (χ3n) is 5.36. The monoisotopic (exact) mass is 281 g/mol. The van der Waals surface area contributed by atoms with E-state index < -0.39 is 0 Å². The minimum Gasteiger partial charge on any atom is -0.316 e. The Bertz CT molecular complexity index is 263. The zero-order valence-corrected chi connectivity index (χ0v) is 14.0. The van der Waals surface area contributed by atoms with Crippen molar-refractivity contribution in [2.45, 2.75) is 58.9 Å². The number of hydrogen-bond donors (Lipinski definition) is 1. The van der Waals surface area contributed by atoms with E-state index >= 15 is 0 Å². The molecule has 0 bridgehead atoms. The fourth-order valence-corrected chi connectivity index (χ4v) is 3.99. The van der Waals surface area contributed by atoms with Gasteiger partial charge >= 0.3 is 0 Å². The molecule has 0 aromatic heterocycles. The molecule has 3 nitrogen and oxygen atoms in total. The Morgan fingerprint density at radius 2 is 1.65 bits per heavy atom. The lowest BCUT2D eigenvalue weighted by Gasteiger charge is -2.44. The number of rotatable bonds is 6. The maximum absolute atomic E-state index is 3.64. The third kappa shape index (κ3) is 4.44. The second kappa shape index (κ2) is 7.77. The topological polar surface area (TPSA) is 18.5 Å². The van der Waals surface area contributed by atoms with Crippen LogP contribution in [0.15, 0.2) is 0 Å². The number of nitrogens with zero attached hydrogens (tertiary/aromatic N) is 2. The Morgan fingerprint density at radius 1 is 1.00 bits per heavy atom. The van der Waals surface area contributed by atoms with Gasteiger partial charge in [-0.15, -0.1) is 0 Å². The van der Waals surface area contributed by atoms with Crippen molar-refractivity contribution in [2.75, 3.05) is 45.8 Å². The van der Waals surface area contributed by atoms with E-state index in [-0.39, 0.29) is 0 Å². The summed E-state index contributed by atoms with van der Waals surface area (Å²) in [5.41, 5.74) is 0.564. The average Bonchev–Trinajstić information content (AvgIpc) is 2.47. The van der Waals surface area contributed by atoms with Crippen molar-refractivity contribution >= 4 is 0 Å². The standard InChI is InChI=1S/C17H35N3/c1-4-18-14-17(8-6-5-7-9-17)15-19-10-12-20(13-11-19)16(2)3/h16,18H,4-15H2,1-3H3. The molecule has 1 aliphatic carbocycles. The molecule has 1 saturated heterocycles. The molecule has 3 heteroatoms. The summed E-state index contributed by atoms with van der Waals surface area (Å²) >= 11 is 0. The highest BCUT2D eigenvalue weighted by Crippen LogP contribution is 2.36. The summed E-state index contributed by atoms with van der Waals surface area (Å²) < 4.78 is 0. The quantitative estimate of drug-likeness (QED) is 0.807. The normalized spacial score (nSPS) is 25.2. The summed E-state index contributed by atoms with van der Waals surface area (Å²) in [5, 5.41) is 3.64. The van der Waals surface area contributed by atoms with Crippen molar-refractivity contribution in [2.24, 2.45) is 5.41 Å². The first-order valence-electron chi connectivity index (χ1n) is 8.82. The first-order chi connectivity index (χ1) is 9.65. The highest BCUT2D eigenvalue weighted by atomic mass is 15.3. The Hall–Kier alpha value is -0.120. The minimum atomic E-state index is 0.564. The van der Waals surface area contributed by atoms with Gasteiger partial charge in [-0.2, -0.15) is 0 Å². The van der Waals surface area contributed by atoms with Crippen molar-refractivity contribution < 1.29 is 0 Å². The first-order valence-corrected chi connectivity index (χ1v) is 8.82. The molecule has 0 aromatic rings.